The average Bonchev–Trinajstić information content (AvgIpc) is 2.47. The van der Waals surface area contributed by atoms with Crippen LogP contribution in [-0.4, -0.2) is 30.9 Å². The van der Waals surface area contributed by atoms with E-state index in [0.717, 1.165) is 31.4 Å². The number of hydrogen-bond acceptors (Lipinski definition) is 3. The molecule has 0 amide bonds. The minimum Gasteiger partial charge on any atom is -0.392 e. The van der Waals surface area contributed by atoms with E-state index in [1.807, 2.05) is 0 Å². The molecule has 0 aromatic heterocycles. The second kappa shape index (κ2) is 6.02. The predicted molar refractivity (Wildman–Crippen MR) is 78.7 cm³/mol. The van der Waals surface area contributed by atoms with Gasteiger partial charge in [-0.15, -0.1) is 0 Å². The zero-order chi connectivity index (χ0) is 15.7. The Hall–Kier alpha value is -0.980. The van der Waals surface area contributed by atoms with Crippen molar-refractivity contribution in [3.8, 4) is 0 Å². The number of hydrogen-bond donors (Lipinski definition) is 1. The van der Waals surface area contributed by atoms with Gasteiger partial charge < -0.3 is 5.11 Å². The predicted octanol–water partition coefficient (Wildman–Crippen LogP) is 2.52. The first-order valence-corrected chi connectivity index (χ1v) is 8.66. The largest absolute Gasteiger partial charge is 0.392 e. The van der Waals surface area contributed by atoms with Gasteiger partial charge in [0.25, 0.3) is 0 Å². The Balaban J connectivity index is 2.30. The molecule has 0 bridgehead atoms. The third-order valence-corrected chi connectivity index (χ3v) is 6.58. The number of sulfonamides is 1. The van der Waals surface area contributed by atoms with Crippen molar-refractivity contribution in [3.05, 3.63) is 29.6 Å². The van der Waals surface area contributed by atoms with Crippen LogP contribution in [-0.2, 0) is 16.6 Å². The second-order valence-electron chi connectivity index (χ2n) is 5.98. The Morgan fingerprint density at radius 1 is 1.33 bits per heavy atom. The van der Waals surface area contributed by atoms with Gasteiger partial charge in [-0.2, -0.15) is 4.31 Å². The maximum Gasteiger partial charge on any atom is 0.243 e. The first-order valence-electron chi connectivity index (χ1n) is 7.22. The van der Waals surface area contributed by atoms with Gasteiger partial charge in [0.1, 0.15) is 5.82 Å². The minimum atomic E-state index is -3.75. The van der Waals surface area contributed by atoms with E-state index in [9.17, 15) is 17.9 Å². The van der Waals surface area contributed by atoms with Gasteiger partial charge in [-0.1, -0.05) is 26.3 Å². The van der Waals surface area contributed by atoms with Crippen molar-refractivity contribution in [3.63, 3.8) is 0 Å². The minimum absolute atomic E-state index is 0.120. The first-order chi connectivity index (χ1) is 9.82. The highest BCUT2D eigenvalue weighted by Crippen LogP contribution is 2.36. The first kappa shape index (κ1) is 16.4. The van der Waals surface area contributed by atoms with E-state index in [4.69, 9.17) is 0 Å². The summed E-state index contributed by atoms with van der Waals surface area (Å²) in [7, 11) is -3.75. The van der Waals surface area contributed by atoms with Crippen LogP contribution in [0.2, 0.25) is 0 Å². The summed E-state index contributed by atoms with van der Waals surface area (Å²) in [5.41, 5.74) is 0.411. The summed E-state index contributed by atoms with van der Waals surface area (Å²) in [5.74, 6) is -0.610. The molecule has 0 unspecified atom stereocenters. The van der Waals surface area contributed by atoms with E-state index in [0.29, 0.717) is 13.1 Å². The standard InChI is InChI=1S/C15H22FNO3S/c1-3-15(2)6-8-17(9-7-15)21(19,20)14-10-13(16)5-4-12(14)11-18/h4-5,10,18H,3,6-9,11H2,1-2H3. The maximum absolute atomic E-state index is 13.4. The van der Waals surface area contributed by atoms with Crippen LogP contribution >= 0.6 is 0 Å². The van der Waals surface area contributed by atoms with Crippen molar-refractivity contribution in [2.75, 3.05) is 13.1 Å². The Bertz CT molecular complexity index is 607. The Labute approximate surface area is 125 Å². The monoisotopic (exact) mass is 315 g/mol. The molecule has 1 aliphatic rings. The molecular weight excluding hydrogens is 293 g/mol. The molecule has 0 aliphatic carbocycles. The van der Waals surface area contributed by atoms with Crippen molar-refractivity contribution >= 4 is 10.0 Å². The molecule has 0 spiro atoms. The fourth-order valence-corrected chi connectivity index (χ4v) is 4.33. The molecule has 1 fully saturated rings. The van der Waals surface area contributed by atoms with Gasteiger partial charge in [0, 0.05) is 13.1 Å². The van der Waals surface area contributed by atoms with Crippen molar-refractivity contribution in [1.29, 1.82) is 0 Å². The van der Waals surface area contributed by atoms with Gasteiger partial charge in [0.2, 0.25) is 10.0 Å². The highest BCUT2D eigenvalue weighted by atomic mass is 32.2. The summed E-state index contributed by atoms with van der Waals surface area (Å²) in [5, 5.41) is 9.29. The highest BCUT2D eigenvalue weighted by molar-refractivity contribution is 7.89. The van der Waals surface area contributed by atoms with Crippen LogP contribution in [0.4, 0.5) is 4.39 Å². The number of nitrogens with zero attached hydrogens (tertiary/aromatic N) is 1. The quantitative estimate of drug-likeness (QED) is 0.929. The lowest BCUT2D eigenvalue weighted by Crippen LogP contribution is -2.42. The van der Waals surface area contributed by atoms with E-state index in [2.05, 4.69) is 13.8 Å². The van der Waals surface area contributed by atoms with Gasteiger partial charge in [0.15, 0.2) is 0 Å². The van der Waals surface area contributed by atoms with Crippen molar-refractivity contribution < 1.29 is 17.9 Å². The molecule has 1 saturated heterocycles. The molecule has 1 heterocycles. The highest BCUT2D eigenvalue weighted by Gasteiger charge is 2.35. The number of rotatable bonds is 4. The molecule has 118 valence electrons. The molecule has 0 atom stereocenters. The summed E-state index contributed by atoms with van der Waals surface area (Å²) in [6.45, 7) is 4.73. The van der Waals surface area contributed by atoms with Gasteiger partial charge in [0.05, 0.1) is 11.5 Å². The van der Waals surface area contributed by atoms with Crippen LogP contribution in [0.25, 0.3) is 0 Å². The summed E-state index contributed by atoms with van der Waals surface area (Å²) in [4.78, 5) is -0.120. The van der Waals surface area contributed by atoms with Gasteiger partial charge >= 0.3 is 0 Å². The van der Waals surface area contributed by atoms with E-state index in [1.165, 1.54) is 10.4 Å². The zero-order valence-electron chi connectivity index (χ0n) is 12.5. The molecule has 1 aromatic carbocycles. The molecule has 21 heavy (non-hydrogen) atoms. The van der Waals surface area contributed by atoms with Crippen LogP contribution in [0.15, 0.2) is 23.1 Å². The third-order valence-electron chi connectivity index (χ3n) is 4.60. The molecule has 0 saturated carbocycles. The molecular formula is C15H22FNO3S. The molecule has 6 heteroatoms. The van der Waals surface area contributed by atoms with Crippen molar-refractivity contribution in [2.24, 2.45) is 5.41 Å². The van der Waals surface area contributed by atoms with Crippen LogP contribution in [0.1, 0.15) is 38.7 Å². The molecule has 1 aromatic rings. The Kier molecular flexibility index (Phi) is 4.70. The summed E-state index contributed by atoms with van der Waals surface area (Å²) in [6, 6.07) is 3.48. The lowest BCUT2D eigenvalue weighted by atomic mass is 9.79. The normalized spacial score (nSPS) is 19.6. The third kappa shape index (κ3) is 3.27. The molecule has 0 radical (unpaired) electrons. The second-order valence-corrected chi connectivity index (χ2v) is 7.88. The van der Waals surface area contributed by atoms with E-state index < -0.39 is 22.4 Å². The summed E-state index contributed by atoms with van der Waals surface area (Å²) in [6.07, 6.45) is 2.61. The Morgan fingerprint density at radius 3 is 2.48 bits per heavy atom. The lowest BCUT2D eigenvalue weighted by Gasteiger charge is -2.38. The number of piperidine rings is 1. The number of aliphatic hydroxyl groups excluding tert-OH is 1. The van der Waals surface area contributed by atoms with Crippen molar-refractivity contribution in [1.82, 2.24) is 4.31 Å². The molecule has 2 rings (SSSR count). The smallest absolute Gasteiger partial charge is 0.243 e. The maximum atomic E-state index is 13.4. The zero-order valence-corrected chi connectivity index (χ0v) is 13.3. The number of halogens is 1. The van der Waals surface area contributed by atoms with E-state index in [-0.39, 0.29) is 15.9 Å². The summed E-state index contributed by atoms with van der Waals surface area (Å²) >= 11 is 0. The summed E-state index contributed by atoms with van der Waals surface area (Å²) < 4.78 is 40.1. The number of benzene rings is 1. The van der Waals surface area contributed by atoms with E-state index in [1.54, 1.807) is 0 Å². The SMILES string of the molecule is CCC1(C)CCN(S(=O)(=O)c2cc(F)ccc2CO)CC1. The van der Waals surface area contributed by atoms with Crippen LogP contribution in [0, 0.1) is 11.2 Å². The Morgan fingerprint density at radius 2 is 1.95 bits per heavy atom. The fourth-order valence-electron chi connectivity index (χ4n) is 2.66. The van der Waals surface area contributed by atoms with Gasteiger partial charge in [-0.3, -0.25) is 0 Å². The molecule has 4 nitrogen and oxygen atoms in total. The molecule has 1 N–H and O–H groups in total. The molecule has 1 aliphatic heterocycles. The van der Waals surface area contributed by atoms with Crippen molar-refractivity contribution in [2.45, 2.75) is 44.6 Å². The van der Waals surface area contributed by atoms with E-state index >= 15 is 0 Å². The van der Waals surface area contributed by atoms with Crippen LogP contribution in [0.3, 0.4) is 0 Å². The van der Waals surface area contributed by atoms with Gasteiger partial charge in [-0.25, -0.2) is 12.8 Å². The lowest BCUT2D eigenvalue weighted by molar-refractivity contribution is 0.168. The fraction of sp³-hybridized carbons (Fsp3) is 0.600. The van der Waals surface area contributed by atoms with Gasteiger partial charge in [-0.05, 0) is 36.0 Å². The van der Waals surface area contributed by atoms with Crippen LogP contribution < -0.4 is 0 Å². The van der Waals surface area contributed by atoms with Crippen LogP contribution in [0.5, 0.6) is 0 Å². The average molecular weight is 315 g/mol. The number of aliphatic hydroxyl groups is 1. The topological polar surface area (TPSA) is 57.6 Å².